The Morgan fingerprint density at radius 2 is 2.12 bits per heavy atom. The first-order valence-electron chi connectivity index (χ1n) is 7.79. The van der Waals surface area contributed by atoms with Gasteiger partial charge in [-0.05, 0) is 12.1 Å². The van der Waals surface area contributed by atoms with Crippen LogP contribution in [0.4, 0.5) is 16.0 Å². The third-order valence-electron chi connectivity index (χ3n) is 4.39. The first-order valence-corrected chi connectivity index (χ1v) is 7.79. The molecule has 0 radical (unpaired) electrons. The van der Waals surface area contributed by atoms with Crippen molar-refractivity contribution in [2.24, 2.45) is 5.73 Å². The van der Waals surface area contributed by atoms with Crippen LogP contribution < -0.4 is 16.4 Å². The van der Waals surface area contributed by atoms with Crippen LogP contribution >= 0.6 is 0 Å². The highest BCUT2D eigenvalue weighted by Crippen LogP contribution is 2.37. The van der Waals surface area contributed by atoms with Gasteiger partial charge in [0.15, 0.2) is 0 Å². The molecule has 0 unspecified atom stereocenters. The van der Waals surface area contributed by atoms with E-state index in [-0.39, 0.29) is 18.9 Å². The molecule has 1 aliphatic rings. The zero-order chi connectivity index (χ0) is 17.6. The highest BCUT2D eigenvalue weighted by Gasteiger charge is 2.37. The molecule has 1 saturated heterocycles. The largest absolute Gasteiger partial charge is 0.368 e. The molecule has 4 rings (SSSR count). The Balaban J connectivity index is 1.90. The van der Waals surface area contributed by atoms with Crippen molar-refractivity contribution in [2.75, 3.05) is 17.2 Å². The molecule has 2 atom stereocenters. The maximum absolute atomic E-state index is 14.0. The van der Waals surface area contributed by atoms with Crippen LogP contribution in [0.1, 0.15) is 6.42 Å². The number of nitrogens with one attached hydrogen (secondary N) is 1. The van der Waals surface area contributed by atoms with Crippen molar-refractivity contribution < 1.29 is 9.18 Å². The van der Waals surface area contributed by atoms with Crippen LogP contribution in [-0.4, -0.2) is 44.6 Å². The van der Waals surface area contributed by atoms with Crippen LogP contribution in [0.25, 0.3) is 22.3 Å². The van der Waals surface area contributed by atoms with Crippen molar-refractivity contribution in [3.63, 3.8) is 0 Å². The Morgan fingerprint density at radius 3 is 2.88 bits per heavy atom. The van der Waals surface area contributed by atoms with Crippen LogP contribution in [0.5, 0.6) is 0 Å². The van der Waals surface area contributed by atoms with Gasteiger partial charge in [-0.1, -0.05) is 0 Å². The van der Waals surface area contributed by atoms with Crippen LogP contribution in [0.2, 0.25) is 0 Å². The zero-order valence-corrected chi connectivity index (χ0v) is 13.2. The van der Waals surface area contributed by atoms with Gasteiger partial charge < -0.3 is 21.4 Å². The van der Waals surface area contributed by atoms with Crippen molar-refractivity contribution in [3.05, 3.63) is 30.7 Å². The van der Waals surface area contributed by atoms with Gasteiger partial charge in [-0.3, -0.25) is 4.79 Å². The number of hydrogen-bond donors (Lipinski definition) is 3. The molecule has 4 heterocycles. The lowest BCUT2D eigenvalue weighted by molar-refractivity contribution is -0.119. The molecule has 8 nitrogen and oxygen atoms in total. The summed E-state index contributed by atoms with van der Waals surface area (Å²) in [6.45, 7) is 0.100. The monoisotopic (exact) mass is 341 g/mol. The summed E-state index contributed by atoms with van der Waals surface area (Å²) in [6, 6.07) is 2.78. The van der Waals surface area contributed by atoms with Gasteiger partial charge in [-0.15, -0.1) is 0 Å². The second-order valence-electron chi connectivity index (χ2n) is 5.96. The third kappa shape index (κ3) is 2.53. The summed E-state index contributed by atoms with van der Waals surface area (Å²) in [6.07, 6.45) is 3.89. The van der Waals surface area contributed by atoms with Gasteiger partial charge in [0.05, 0.1) is 23.3 Å². The molecule has 9 heteroatoms. The molecule has 3 aromatic rings. The minimum absolute atomic E-state index is 0.0827. The van der Waals surface area contributed by atoms with E-state index in [1.807, 2.05) is 0 Å². The van der Waals surface area contributed by atoms with E-state index in [9.17, 15) is 9.18 Å². The Morgan fingerprint density at radius 1 is 1.32 bits per heavy atom. The van der Waals surface area contributed by atoms with E-state index in [1.54, 1.807) is 35.6 Å². The van der Waals surface area contributed by atoms with Crippen LogP contribution in [0, 0.1) is 0 Å². The van der Waals surface area contributed by atoms with E-state index in [0.717, 1.165) is 10.9 Å². The number of nitrogens with zero attached hydrogens (tertiary/aromatic N) is 4. The number of H-pyrrole nitrogens is 1. The standard InChI is InChI=1S/C16H16FN7O/c17-8-5-12(14(18)25)24(7-8)11-2-4-20-15-13(11)9(6-22-15)10-1-3-21-16(19)23-10/h1-4,6,8,12H,5,7H2,(H2,18,25)(H,20,22)(H2,19,21,23)/t8-,12-/m0/s1. The van der Waals surface area contributed by atoms with Crippen LogP contribution in [-0.2, 0) is 4.79 Å². The van der Waals surface area contributed by atoms with Crippen molar-refractivity contribution in [1.82, 2.24) is 19.9 Å². The number of fused-ring (bicyclic) bond motifs is 1. The number of aromatic amines is 1. The molecule has 5 N–H and O–H groups in total. The number of aromatic nitrogens is 4. The number of hydrogen-bond acceptors (Lipinski definition) is 6. The summed E-state index contributed by atoms with van der Waals surface area (Å²) >= 11 is 0. The molecular weight excluding hydrogens is 325 g/mol. The van der Waals surface area contributed by atoms with Gasteiger partial charge in [-0.2, -0.15) is 0 Å². The molecule has 1 fully saturated rings. The van der Waals surface area contributed by atoms with Crippen molar-refractivity contribution >= 4 is 28.6 Å². The summed E-state index contributed by atoms with van der Waals surface area (Å²) in [5.74, 6) is -0.397. The van der Waals surface area contributed by atoms with E-state index in [2.05, 4.69) is 19.9 Å². The fourth-order valence-corrected chi connectivity index (χ4v) is 3.33. The normalized spacial score (nSPS) is 20.3. The third-order valence-corrected chi connectivity index (χ3v) is 4.39. The van der Waals surface area contributed by atoms with E-state index >= 15 is 0 Å². The fourth-order valence-electron chi connectivity index (χ4n) is 3.33. The summed E-state index contributed by atoms with van der Waals surface area (Å²) in [5.41, 5.74) is 13.8. The Labute approximate surface area is 142 Å². The topological polar surface area (TPSA) is 127 Å². The molecule has 0 saturated carbocycles. The molecule has 0 aliphatic carbocycles. The van der Waals surface area contributed by atoms with Gasteiger partial charge in [0.25, 0.3) is 0 Å². The molecule has 128 valence electrons. The number of nitrogen functional groups attached to an aromatic ring is 1. The molecular formula is C16H16FN7O. The number of carbonyl (C=O) groups excluding carboxylic acids is 1. The van der Waals surface area contributed by atoms with E-state index in [0.29, 0.717) is 17.0 Å². The van der Waals surface area contributed by atoms with Crippen molar-refractivity contribution in [3.8, 4) is 11.3 Å². The lowest BCUT2D eigenvalue weighted by Gasteiger charge is -2.25. The maximum atomic E-state index is 14.0. The van der Waals surface area contributed by atoms with E-state index in [4.69, 9.17) is 11.5 Å². The number of amides is 1. The van der Waals surface area contributed by atoms with Crippen LogP contribution in [0.3, 0.4) is 0 Å². The molecule has 0 spiro atoms. The SMILES string of the molecule is NC(=O)[C@@H]1C[C@H](F)CN1c1ccnc2[nH]cc(-c3ccnc(N)n3)c12. The van der Waals surface area contributed by atoms with E-state index in [1.165, 1.54) is 0 Å². The van der Waals surface area contributed by atoms with Gasteiger partial charge >= 0.3 is 0 Å². The second kappa shape index (κ2) is 5.69. The minimum atomic E-state index is -1.11. The molecule has 3 aromatic heterocycles. The van der Waals surface area contributed by atoms with Gasteiger partial charge in [-0.25, -0.2) is 19.3 Å². The highest BCUT2D eigenvalue weighted by atomic mass is 19.1. The van der Waals surface area contributed by atoms with E-state index < -0.39 is 18.1 Å². The Kier molecular flexibility index (Phi) is 3.48. The average molecular weight is 341 g/mol. The van der Waals surface area contributed by atoms with Crippen molar-refractivity contribution in [1.29, 1.82) is 0 Å². The quantitative estimate of drug-likeness (QED) is 0.652. The molecule has 0 aromatic carbocycles. The first kappa shape index (κ1) is 15.3. The predicted octanol–water partition coefficient (Wildman–Crippen LogP) is 1.00. The summed E-state index contributed by atoms with van der Waals surface area (Å²) in [5, 5.41) is 0.737. The number of primary amides is 1. The van der Waals surface area contributed by atoms with Crippen molar-refractivity contribution in [2.45, 2.75) is 18.6 Å². The number of pyridine rings is 1. The van der Waals surface area contributed by atoms with Gasteiger partial charge in [0.1, 0.15) is 17.9 Å². The zero-order valence-electron chi connectivity index (χ0n) is 13.2. The highest BCUT2D eigenvalue weighted by molar-refractivity contribution is 6.03. The minimum Gasteiger partial charge on any atom is -0.368 e. The number of rotatable bonds is 3. The van der Waals surface area contributed by atoms with Crippen LogP contribution in [0.15, 0.2) is 30.7 Å². The smallest absolute Gasteiger partial charge is 0.240 e. The lowest BCUT2D eigenvalue weighted by Crippen LogP contribution is -2.40. The maximum Gasteiger partial charge on any atom is 0.240 e. The number of carbonyl (C=O) groups is 1. The van der Waals surface area contributed by atoms with Gasteiger partial charge in [0.2, 0.25) is 11.9 Å². The Hall–Kier alpha value is -3.23. The number of nitrogens with two attached hydrogens (primary N) is 2. The number of alkyl halides is 1. The molecule has 25 heavy (non-hydrogen) atoms. The summed E-state index contributed by atoms with van der Waals surface area (Å²) in [7, 11) is 0. The molecule has 1 aliphatic heterocycles. The fraction of sp³-hybridized carbons (Fsp3) is 0.250. The predicted molar refractivity (Wildman–Crippen MR) is 91.4 cm³/mol. The number of anilines is 2. The first-order chi connectivity index (χ1) is 12.0. The molecule has 1 amide bonds. The second-order valence-corrected chi connectivity index (χ2v) is 5.96. The summed E-state index contributed by atoms with van der Waals surface area (Å²) in [4.78, 5) is 29.0. The lowest BCUT2D eigenvalue weighted by atomic mass is 10.1. The summed E-state index contributed by atoms with van der Waals surface area (Å²) < 4.78 is 14.0. The molecule has 0 bridgehead atoms. The number of halogens is 1. The average Bonchev–Trinajstić information content (AvgIpc) is 3.18. The van der Waals surface area contributed by atoms with Gasteiger partial charge in [0, 0.05) is 30.6 Å². The Bertz CT molecular complexity index is 957.